The number of hydrogen-bond donors (Lipinski definition) is 1. The number of carbonyl (C=O) groups is 1. The van der Waals surface area contributed by atoms with Gasteiger partial charge in [0, 0.05) is 0 Å². The van der Waals surface area contributed by atoms with E-state index in [0.717, 1.165) is 6.42 Å². The van der Waals surface area contributed by atoms with Crippen molar-refractivity contribution in [3.8, 4) is 0 Å². The Labute approximate surface area is 79.0 Å². The molecule has 1 aliphatic rings. The topological polar surface area (TPSA) is 37.3 Å². The summed E-state index contributed by atoms with van der Waals surface area (Å²) in [6, 6.07) is 0. The molecule has 1 fully saturated rings. The maximum Gasteiger partial charge on any atom is 0.307 e. The monoisotopic (exact) mass is 180 g/mol. The van der Waals surface area contributed by atoms with Gasteiger partial charge in [-0.15, -0.1) is 0 Å². The van der Waals surface area contributed by atoms with Gasteiger partial charge in [0.1, 0.15) is 0 Å². The van der Waals surface area contributed by atoms with Gasteiger partial charge < -0.3 is 5.11 Å². The molecule has 1 rings (SSSR count). The molecule has 72 valence electrons. The number of hydrogen-bond acceptors (Lipinski definition) is 1. The van der Waals surface area contributed by atoms with Gasteiger partial charge in [-0.25, -0.2) is 0 Å². The molecule has 0 amide bonds. The lowest BCUT2D eigenvalue weighted by atomic mass is 9.55. The molecule has 1 N–H and O–H groups in total. The van der Waals surface area contributed by atoms with Crippen molar-refractivity contribution in [2.24, 2.45) is 17.3 Å². The van der Waals surface area contributed by atoms with Crippen LogP contribution in [0.3, 0.4) is 0 Å². The van der Waals surface area contributed by atoms with Crippen molar-refractivity contribution in [3.63, 3.8) is 0 Å². The lowest BCUT2D eigenvalue weighted by Gasteiger charge is -2.48. The van der Waals surface area contributed by atoms with Crippen LogP contribution in [0.15, 0.2) is 24.8 Å². The van der Waals surface area contributed by atoms with Crippen molar-refractivity contribution in [2.75, 3.05) is 0 Å². The summed E-state index contributed by atoms with van der Waals surface area (Å²) in [7, 11) is 0. The Balaban J connectivity index is 2.70. The normalized spacial score (nSPS) is 31.2. The molecule has 1 saturated carbocycles. The van der Waals surface area contributed by atoms with E-state index in [0.29, 0.717) is 0 Å². The first kappa shape index (κ1) is 10.0. The van der Waals surface area contributed by atoms with Crippen LogP contribution in [-0.2, 0) is 4.79 Å². The molecule has 0 aromatic rings. The predicted octanol–water partition coefficient (Wildman–Crippen LogP) is 2.48. The molecule has 0 bridgehead atoms. The lowest BCUT2D eigenvalue weighted by Crippen LogP contribution is -2.46. The van der Waals surface area contributed by atoms with E-state index < -0.39 is 5.97 Å². The standard InChI is InChI=1S/C11H16O2/c1-4-5-6-9-8(10(12)13)7-11(9,2)3/h4-6,8-9H,1,7H2,2-3H3,(H,12,13). The molecule has 0 saturated heterocycles. The zero-order valence-electron chi connectivity index (χ0n) is 8.16. The van der Waals surface area contributed by atoms with E-state index in [4.69, 9.17) is 5.11 Å². The maximum atomic E-state index is 10.8. The number of carboxylic acids is 1. The summed E-state index contributed by atoms with van der Waals surface area (Å²) in [5.41, 5.74) is 0.128. The van der Waals surface area contributed by atoms with Crippen molar-refractivity contribution in [1.29, 1.82) is 0 Å². The summed E-state index contributed by atoms with van der Waals surface area (Å²) in [4.78, 5) is 10.8. The molecule has 2 unspecified atom stereocenters. The van der Waals surface area contributed by atoms with Crippen LogP contribution in [-0.4, -0.2) is 11.1 Å². The first-order valence-corrected chi connectivity index (χ1v) is 4.51. The molecule has 0 spiro atoms. The van der Waals surface area contributed by atoms with Crippen molar-refractivity contribution < 1.29 is 9.90 Å². The summed E-state index contributed by atoms with van der Waals surface area (Å²) in [6.07, 6.45) is 6.25. The fraction of sp³-hybridized carbons (Fsp3) is 0.545. The maximum absolute atomic E-state index is 10.8. The lowest BCUT2D eigenvalue weighted by molar-refractivity contribution is -0.153. The molecule has 13 heavy (non-hydrogen) atoms. The molecule has 0 aliphatic heterocycles. The molecule has 1 aliphatic carbocycles. The third kappa shape index (κ3) is 1.82. The molecule has 0 radical (unpaired) electrons. The molecular weight excluding hydrogens is 164 g/mol. The predicted molar refractivity (Wildman–Crippen MR) is 52.4 cm³/mol. The van der Waals surface area contributed by atoms with E-state index in [-0.39, 0.29) is 17.3 Å². The van der Waals surface area contributed by atoms with E-state index >= 15 is 0 Å². The van der Waals surface area contributed by atoms with E-state index in [9.17, 15) is 4.79 Å². The minimum atomic E-state index is -0.682. The van der Waals surface area contributed by atoms with Gasteiger partial charge >= 0.3 is 5.97 Å². The van der Waals surface area contributed by atoms with Crippen LogP contribution in [0.4, 0.5) is 0 Å². The van der Waals surface area contributed by atoms with Gasteiger partial charge in [0.15, 0.2) is 0 Å². The highest BCUT2D eigenvalue weighted by atomic mass is 16.4. The van der Waals surface area contributed by atoms with Gasteiger partial charge in [0.05, 0.1) is 5.92 Å². The van der Waals surface area contributed by atoms with E-state index in [1.807, 2.05) is 12.2 Å². The van der Waals surface area contributed by atoms with Gasteiger partial charge in [-0.05, 0) is 17.8 Å². The summed E-state index contributed by atoms with van der Waals surface area (Å²) in [5.74, 6) is -0.729. The van der Waals surface area contributed by atoms with Crippen LogP contribution in [0.5, 0.6) is 0 Å². The van der Waals surface area contributed by atoms with Crippen LogP contribution < -0.4 is 0 Å². The Morgan fingerprint density at radius 2 is 2.23 bits per heavy atom. The Kier molecular flexibility index (Phi) is 2.60. The second-order valence-corrected chi connectivity index (χ2v) is 4.28. The highest BCUT2D eigenvalue weighted by Crippen LogP contribution is 2.51. The largest absolute Gasteiger partial charge is 0.481 e. The zero-order chi connectivity index (χ0) is 10.1. The third-order valence-electron chi connectivity index (χ3n) is 2.85. The fourth-order valence-corrected chi connectivity index (χ4v) is 2.05. The summed E-state index contributed by atoms with van der Waals surface area (Å²) < 4.78 is 0. The van der Waals surface area contributed by atoms with Crippen LogP contribution in [0.2, 0.25) is 0 Å². The van der Waals surface area contributed by atoms with Crippen molar-refractivity contribution in [3.05, 3.63) is 24.8 Å². The molecular formula is C11H16O2. The molecule has 0 aromatic carbocycles. The minimum Gasteiger partial charge on any atom is -0.481 e. The Morgan fingerprint density at radius 1 is 1.62 bits per heavy atom. The van der Waals surface area contributed by atoms with E-state index in [2.05, 4.69) is 20.4 Å². The number of rotatable bonds is 3. The second-order valence-electron chi connectivity index (χ2n) is 4.28. The Hall–Kier alpha value is -1.05. The molecule has 2 atom stereocenters. The first-order chi connectivity index (χ1) is 5.99. The minimum absolute atomic E-state index is 0.128. The number of aliphatic carboxylic acids is 1. The van der Waals surface area contributed by atoms with Crippen molar-refractivity contribution in [1.82, 2.24) is 0 Å². The van der Waals surface area contributed by atoms with Crippen LogP contribution in [0.25, 0.3) is 0 Å². The highest BCUT2D eigenvalue weighted by Gasteiger charge is 2.49. The summed E-state index contributed by atoms with van der Waals surface area (Å²) in [5, 5.41) is 8.88. The van der Waals surface area contributed by atoms with Crippen LogP contribution in [0, 0.1) is 17.3 Å². The summed E-state index contributed by atoms with van der Waals surface area (Å²) in [6.45, 7) is 7.78. The number of allylic oxidation sites excluding steroid dienone is 3. The van der Waals surface area contributed by atoms with Gasteiger partial charge in [-0.1, -0.05) is 38.7 Å². The summed E-state index contributed by atoms with van der Waals surface area (Å²) >= 11 is 0. The molecule has 2 heteroatoms. The second kappa shape index (κ2) is 3.36. The SMILES string of the molecule is C=CC=CC1C(C(=O)O)CC1(C)C. The van der Waals surface area contributed by atoms with Gasteiger partial charge in [0.2, 0.25) is 0 Å². The highest BCUT2D eigenvalue weighted by molar-refractivity contribution is 5.72. The average molecular weight is 180 g/mol. The quantitative estimate of drug-likeness (QED) is 0.677. The van der Waals surface area contributed by atoms with Crippen molar-refractivity contribution >= 4 is 5.97 Å². The fourth-order valence-electron chi connectivity index (χ4n) is 2.05. The first-order valence-electron chi connectivity index (χ1n) is 4.51. The van der Waals surface area contributed by atoms with Crippen LogP contribution >= 0.6 is 0 Å². The van der Waals surface area contributed by atoms with E-state index in [1.165, 1.54) is 0 Å². The Bertz CT molecular complexity index is 251. The van der Waals surface area contributed by atoms with E-state index in [1.54, 1.807) is 6.08 Å². The van der Waals surface area contributed by atoms with Gasteiger partial charge in [-0.2, -0.15) is 0 Å². The molecule has 2 nitrogen and oxygen atoms in total. The molecule has 0 heterocycles. The Morgan fingerprint density at radius 3 is 2.62 bits per heavy atom. The molecule has 0 aromatic heterocycles. The number of carboxylic acid groups (broad SMARTS) is 1. The van der Waals surface area contributed by atoms with Gasteiger partial charge in [-0.3, -0.25) is 4.79 Å². The van der Waals surface area contributed by atoms with Crippen molar-refractivity contribution in [2.45, 2.75) is 20.3 Å². The zero-order valence-corrected chi connectivity index (χ0v) is 8.16. The third-order valence-corrected chi connectivity index (χ3v) is 2.85. The van der Waals surface area contributed by atoms with Gasteiger partial charge in [0.25, 0.3) is 0 Å². The van der Waals surface area contributed by atoms with Crippen LogP contribution in [0.1, 0.15) is 20.3 Å². The smallest absolute Gasteiger partial charge is 0.307 e. The average Bonchev–Trinajstić information content (AvgIpc) is 2.01.